The first-order valence-electron chi connectivity index (χ1n) is 30.6. The first-order valence-corrected chi connectivity index (χ1v) is 30.6. The van der Waals surface area contributed by atoms with Crippen molar-refractivity contribution in [3.8, 4) is 11.4 Å². The van der Waals surface area contributed by atoms with Crippen LogP contribution in [0.2, 0.25) is 0 Å². The minimum absolute atomic E-state index is 0.00134. The SMILES string of the molecule is CC(=O)[C@H](CCCN=C(N)N)NC(=O)[C@H](CCCN=C(N)N)NC(=O)[C@H](CCCN=C(N)N)NC(=O)[C@H](CCCN=C(N)N)NC(=O)[C@H](CCCN=C(N)N)NC(=O)[C@H](CCCN=C(N)N)NC(=O)c1ccc(CN2c3ccc(-c4nn[nH]n4)cc3C3C=CC=CC32)cc1. The number of hydrogen-bond donors (Lipinski definition) is 19. The lowest BCUT2D eigenvalue weighted by Crippen LogP contribution is -2.59. The largest absolute Gasteiger partial charge is 0.370 e. The van der Waals surface area contributed by atoms with E-state index in [0.717, 1.165) is 22.4 Å². The van der Waals surface area contributed by atoms with E-state index in [2.05, 4.69) is 106 Å². The molecule has 5 rings (SSSR count). The standard InChI is InChI=1S/C58H91N29O7/c1-32(88)38(11-4-24-71-53(59)60)77-48(90)40(13-6-26-73-55(63)64)79-50(92)42(15-8-28-75-57(67)68)81-52(94)43(16-9-29-76-58(69)70)82-51(93)41(14-7-27-74-56(65)66)80-49(91)39(12-5-25-72-54(61)62)78-47(89)34-20-18-33(19-21-34)31-87-44-17-3-2-10-36(44)37-30-35(22-23-45(37)87)46-83-85-86-84-46/h2-3,10,17-23,30,36,38-44H,4-9,11-16,24-29,31H2,1H3,(H,77,90)(H,78,89)(H,79,92)(H,80,91)(H,81,94)(H,82,93)(H4,59,60,71)(H4,61,62,72)(H4,63,64,73)(H4,65,66,74)(H4,67,68,75)(H4,69,70,76)(H,83,84,85,86)/t36?,38-,39-,40-,41-,42-,43-,44?/m0/s1. The van der Waals surface area contributed by atoms with Crippen LogP contribution in [0, 0.1) is 0 Å². The molecular weight excluding hydrogens is 1210 g/mol. The van der Waals surface area contributed by atoms with Gasteiger partial charge in [0.1, 0.15) is 30.2 Å². The summed E-state index contributed by atoms with van der Waals surface area (Å²) >= 11 is 0. The Morgan fingerprint density at radius 2 is 0.840 bits per heavy atom. The molecule has 2 aliphatic rings. The maximum atomic E-state index is 14.7. The van der Waals surface area contributed by atoms with Crippen LogP contribution in [0.3, 0.4) is 0 Å². The Morgan fingerprint density at radius 3 is 1.20 bits per heavy atom. The molecule has 1 aliphatic heterocycles. The number of benzene rings is 2. The third-order valence-electron chi connectivity index (χ3n) is 15.0. The highest BCUT2D eigenvalue weighted by molar-refractivity contribution is 5.99. The Balaban J connectivity index is 1.39. The van der Waals surface area contributed by atoms with Gasteiger partial charge in [-0.25, -0.2) is 0 Å². The fourth-order valence-electron chi connectivity index (χ4n) is 10.3. The van der Waals surface area contributed by atoms with Crippen molar-refractivity contribution in [3.05, 3.63) is 83.5 Å². The fourth-order valence-corrected chi connectivity index (χ4v) is 10.3. The summed E-state index contributed by atoms with van der Waals surface area (Å²) in [6.07, 6.45) is 9.21. The highest BCUT2D eigenvalue weighted by atomic mass is 16.2. The summed E-state index contributed by atoms with van der Waals surface area (Å²) < 4.78 is 0. The molecule has 36 nitrogen and oxygen atoms in total. The average molecular weight is 1310 g/mol. The lowest BCUT2D eigenvalue weighted by Gasteiger charge is -2.28. The summed E-state index contributed by atoms with van der Waals surface area (Å²) in [6, 6.07) is 5.22. The van der Waals surface area contributed by atoms with Crippen LogP contribution in [-0.4, -0.2) is 179 Å². The van der Waals surface area contributed by atoms with Crippen molar-refractivity contribution in [1.82, 2.24) is 52.5 Å². The number of rotatable bonds is 40. The Hall–Kier alpha value is -11.1. The monoisotopic (exact) mass is 1310 g/mol. The average Bonchev–Trinajstić information content (AvgIpc) is 1.63. The van der Waals surface area contributed by atoms with E-state index in [9.17, 15) is 33.6 Å². The zero-order valence-electron chi connectivity index (χ0n) is 52.7. The summed E-state index contributed by atoms with van der Waals surface area (Å²) in [5.41, 5.74) is 70.9. The number of guanidine groups is 6. The van der Waals surface area contributed by atoms with Crippen molar-refractivity contribution in [3.63, 3.8) is 0 Å². The number of nitrogens with one attached hydrogen (secondary N) is 7. The van der Waals surface area contributed by atoms with Gasteiger partial charge in [0.25, 0.3) is 5.91 Å². The number of anilines is 1. The molecule has 0 spiro atoms. The molecule has 31 N–H and O–H groups in total. The van der Waals surface area contributed by atoms with Gasteiger partial charge in [0.05, 0.1) is 12.1 Å². The minimum Gasteiger partial charge on any atom is -0.370 e. The van der Waals surface area contributed by atoms with E-state index in [1.165, 1.54) is 6.92 Å². The Bertz CT molecular complexity index is 3270. The molecule has 94 heavy (non-hydrogen) atoms. The van der Waals surface area contributed by atoms with Crippen molar-refractivity contribution in [2.24, 2.45) is 98.8 Å². The van der Waals surface area contributed by atoms with E-state index < -0.39 is 71.7 Å². The molecule has 0 saturated carbocycles. The van der Waals surface area contributed by atoms with Crippen LogP contribution < -0.4 is 106 Å². The van der Waals surface area contributed by atoms with Crippen LogP contribution in [0.4, 0.5) is 5.69 Å². The number of carbonyl (C=O) groups excluding carboxylic acids is 7. The van der Waals surface area contributed by atoms with Crippen LogP contribution in [0.1, 0.15) is 111 Å². The quantitative estimate of drug-likeness (QED) is 0.0144. The number of aliphatic imine (C=N–C) groups is 6. The van der Waals surface area contributed by atoms with Crippen LogP contribution in [0.25, 0.3) is 11.4 Å². The number of H-pyrrole nitrogens is 1. The van der Waals surface area contributed by atoms with Gasteiger partial charge in [-0.3, -0.25) is 63.5 Å². The Labute approximate surface area is 543 Å². The number of ketones is 1. The number of aromatic amines is 1. The van der Waals surface area contributed by atoms with Crippen LogP contribution in [-0.2, 0) is 35.3 Å². The number of tetrazole rings is 1. The second-order valence-electron chi connectivity index (χ2n) is 22.3. The lowest BCUT2D eigenvalue weighted by atomic mass is 9.90. The number of carbonyl (C=O) groups is 7. The van der Waals surface area contributed by atoms with Gasteiger partial charge in [0.15, 0.2) is 41.5 Å². The van der Waals surface area contributed by atoms with Gasteiger partial charge in [0.2, 0.25) is 35.4 Å². The molecule has 0 radical (unpaired) electrons. The van der Waals surface area contributed by atoms with Gasteiger partial charge in [-0.1, -0.05) is 36.4 Å². The molecule has 0 saturated heterocycles. The molecule has 1 aromatic heterocycles. The topological polar surface area (TPSA) is 636 Å². The first kappa shape index (κ1) is 73.6. The second-order valence-corrected chi connectivity index (χ2v) is 22.3. The number of allylic oxidation sites excluding steroid dienone is 2. The maximum absolute atomic E-state index is 14.7. The number of aromatic nitrogens is 4. The predicted octanol–water partition coefficient (Wildman–Crippen LogP) is -5.10. The summed E-state index contributed by atoms with van der Waals surface area (Å²) in [4.78, 5) is 126. The minimum atomic E-state index is -1.44. The number of hydrogen-bond acceptors (Lipinski definition) is 17. The normalized spacial score (nSPS) is 15.3. The fraction of sp³-hybridized carbons (Fsp3) is 0.483. The van der Waals surface area contributed by atoms with Crippen molar-refractivity contribution in [2.75, 3.05) is 44.2 Å². The van der Waals surface area contributed by atoms with Crippen molar-refractivity contribution < 1.29 is 33.6 Å². The number of nitrogens with zero attached hydrogens (tertiary/aromatic N) is 10. The van der Waals surface area contributed by atoms with Crippen LogP contribution >= 0.6 is 0 Å². The zero-order chi connectivity index (χ0) is 68.7. The molecule has 3 aromatic rings. The Kier molecular flexibility index (Phi) is 29.7. The van der Waals surface area contributed by atoms with Gasteiger partial charge in [-0.05, 0) is 131 Å². The van der Waals surface area contributed by atoms with E-state index in [1.807, 2.05) is 36.4 Å². The lowest BCUT2D eigenvalue weighted by molar-refractivity contribution is -0.135. The molecule has 510 valence electrons. The molecule has 2 heterocycles. The molecule has 36 heteroatoms. The molecule has 0 fully saturated rings. The van der Waals surface area contributed by atoms with E-state index in [4.69, 9.17) is 68.8 Å². The van der Waals surface area contributed by atoms with Gasteiger partial charge in [-0.2, -0.15) is 5.21 Å². The molecular formula is C58H91N29O7. The first-order chi connectivity index (χ1) is 44.9. The molecule has 2 aromatic carbocycles. The van der Waals surface area contributed by atoms with E-state index in [1.54, 1.807) is 12.1 Å². The Morgan fingerprint density at radius 1 is 0.479 bits per heavy atom. The summed E-state index contributed by atoms with van der Waals surface area (Å²) in [6.45, 7) is 2.17. The number of nitrogens with two attached hydrogens (primary N) is 12. The maximum Gasteiger partial charge on any atom is 0.251 e. The molecule has 0 bridgehead atoms. The number of fused-ring (bicyclic) bond motifs is 3. The van der Waals surface area contributed by atoms with Gasteiger partial charge < -0.3 is 106 Å². The van der Waals surface area contributed by atoms with Gasteiger partial charge in [-0.15, -0.1) is 10.2 Å². The predicted molar refractivity (Wildman–Crippen MR) is 358 cm³/mol. The van der Waals surface area contributed by atoms with E-state index in [-0.39, 0.29) is 169 Å². The molecule has 8 atom stereocenters. The van der Waals surface area contributed by atoms with Gasteiger partial charge >= 0.3 is 0 Å². The van der Waals surface area contributed by atoms with Crippen molar-refractivity contribution in [2.45, 2.75) is 139 Å². The third-order valence-corrected chi connectivity index (χ3v) is 15.0. The number of Topliss-reactive ketones (excluding diaryl/α,β-unsaturated/α-hetero) is 1. The van der Waals surface area contributed by atoms with E-state index in [0.29, 0.717) is 18.8 Å². The van der Waals surface area contributed by atoms with Crippen LogP contribution in [0.5, 0.6) is 0 Å². The summed E-state index contributed by atoms with van der Waals surface area (Å²) in [5, 5.41) is 30.9. The number of amides is 6. The van der Waals surface area contributed by atoms with Crippen LogP contribution in [0.15, 0.2) is 96.7 Å². The zero-order valence-corrected chi connectivity index (χ0v) is 52.7. The molecule has 1 aliphatic carbocycles. The summed E-state index contributed by atoms with van der Waals surface area (Å²) in [7, 11) is 0. The van der Waals surface area contributed by atoms with E-state index >= 15 is 0 Å². The van der Waals surface area contributed by atoms with Gasteiger partial charge in [0, 0.05) is 68.5 Å². The highest BCUT2D eigenvalue weighted by Crippen LogP contribution is 2.45. The smallest absolute Gasteiger partial charge is 0.251 e. The van der Waals surface area contributed by atoms with Crippen molar-refractivity contribution in [1.29, 1.82) is 0 Å². The third kappa shape index (κ3) is 24.9. The van der Waals surface area contributed by atoms with Crippen molar-refractivity contribution >= 4 is 82.7 Å². The molecule has 6 amide bonds. The highest BCUT2D eigenvalue weighted by Gasteiger charge is 2.38. The second kappa shape index (κ2) is 37.9. The summed E-state index contributed by atoms with van der Waals surface area (Å²) in [5.74, 6) is -5.77. The molecule has 2 unspecified atom stereocenters.